The summed E-state index contributed by atoms with van der Waals surface area (Å²) in [4.78, 5) is 36.8. The molecular weight excluding hydrogens is 442 g/mol. The van der Waals surface area contributed by atoms with E-state index in [0.29, 0.717) is 30.9 Å². The van der Waals surface area contributed by atoms with Gasteiger partial charge in [0.1, 0.15) is 23.4 Å². The third-order valence-corrected chi connectivity index (χ3v) is 6.49. The monoisotopic (exact) mass is 475 g/mol. The Bertz CT molecular complexity index is 1310. The number of anilines is 2. The SMILES string of the molecule is CCc1nc(-c2cnc(N(C)C)cc2C)c(=O)n(CC)c1NC1c2ccccc2C[C@@H]1OC(C)=O. The van der Waals surface area contributed by atoms with Crippen molar-refractivity contribution in [3.63, 3.8) is 0 Å². The Labute approximate surface area is 206 Å². The Morgan fingerprint density at radius 3 is 2.63 bits per heavy atom. The van der Waals surface area contributed by atoms with Crippen LogP contribution in [-0.4, -0.2) is 40.7 Å². The van der Waals surface area contributed by atoms with Crippen molar-refractivity contribution in [1.82, 2.24) is 14.5 Å². The molecule has 8 nitrogen and oxygen atoms in total. The van der Waals surface area contributed by atoms with Gasteiger partial charge in [-0.3, -0.25) is 14.2 Å². The zero-order valence-electron chi connectivity index (χ0n) is 21.3. The van der Waals surface area contributed by atoms with Gasteiger partial charge in [0.25, 0.3) is 5.56 Å². The topological polar surface area (TPSA) is 89.3 Å². The van der Waals surface area contributed by atoms with Crippen LogP contribution in [0, 0.1) is 6.92 Å². The molecule has 0 saturated carbocycles. The van der Waals surface area contributed by atoms with Crippen molar-refractivity contribution in [2.24, 2.45) is 0 Å². The number of benzene rings is 1. The molecule has 1 aliphatic rings. The van der Waals surface area contributed by atoms with Gasteiger partial charge in [-0.2, -0.15) is 0 Å². The first-order valence-corrected chi connectivity index (χ1v) is 12.0. The lowest BCUT2D eigenvalue weighted by atomic mass is 10.1. The molecule has 0 saturated heterocycles. The molecule has 1 aromatic carbocycles. The van der Waals surface area contributed by atoms with E-state index in [1.165, 1.54) is 6.92 Å². The Morgan fingerprint density at radius 2 is 2.00 bits per heavy atom. The van der Waals surface area contributed by atoms with Crippen LogP contribution in [-0.2, 0) is 28.9 Å². The summed E-state index contributed by atoms with van der Waals surface area (Å²) in [7, 11) is 3.87. The molecule has 1 unspecified atom stereocenters. The van der Waals surface area contributed by atoms with Crippen LogP contribution in [0.5, 0.6) is 0 Å². The van der Waals surface area contributed by atoms with E-state index in [1.54, 1.807) is 10.8 Å². The molecule has 0 radical (unpaired) electrons. The van der Waals surface area contributed by atoms with Crippen LogP contribution >= 0.6 is 0 Å². The number of esters is 1. The van der Waals surface area contributed by atoms with Gasteiger partial charge in [-0.05, 0) is 43.0 Å². The smallest absolute Gasteiger partial charge is 0.302 e. The molecule has 0 fully saturated rings. The molecule has 0 aliphatic heterocycles. The number of carbonyl (C=O) groups excluding carboxylic acids is 1. The minimum absolute atomic E-state index is 0.176. The second kappa shape index (κ2) is 9.90. The summed E-state index contributed by atoms with van der Waals surface area (Å²) in [6, 6.07) is 9.75. The van der Waals surface area contributed by atoms with Gasteiger partial charge in [0.15, 0.2) is 0 Å². The average Bonchev–Trinajstić information content (AvgIpc) is 3.16. The van der Waals surface area contributed by atoms with E-state index in [-0.39, 0.29) is 23.7 Å². The number of ether oxygens (including phenoxy) is 1. The van der Waals surface area contributed by atoms with E-state index in [2.05, 4.69) is 16.4 Å². The van der Waals surface area contributed by atoms with E-state index in [9.17, 15) is 9.59 Å². The molecule has 2 aromatic heterocycles. The Morgan fingerprint density at radius 1 is 1.26 bits per heavy atom. The summed E-state index contributed by atoms with van der Waals surface area (Å²) in [5.41, 5.74) is 4.87. The molecule has 1 aliphatic carbocycles. The fraction of sp³-hybridized carbons (Fsp3) is 0.407. The lowest BCUT2D eigenvalue weighted by molar-refractivity contribution is -0.146. The summed E-state index contributed by atoms with van der Waals surface area (Å²) in [5.74, 6) is 1.17. The van der Waals surface area contributed by atoms with Gasteiger partial charge < -0.3 is 15.0 Å². The maximum absolute atomic E-state index is 13.7. The highest BCUT2D eigenvalue weighted by Gasteiger charge is 2.36. The number of aromatic nitrogens is 3. The summed E-state index contributed by atoms with van der Waals surface area (Å²) >= 11 is 0. The number of hydrogen-bond donors (Lipinski definition) is 1. The minimum Gasteiger partial charge on any atom is -0.460 e. The van der Waals surface area contributed by atoms with Crippen LogP contribution in [0.1, 0.15) is 49.2 Å². The summed E-state index contributed by atoms with van der Waals surface area (Å²) in [6.45, 7) is 7.83. The van der Waals surface area contributed by atoms with Crippen LogP contribution < -0.4 is 15.8 Å². The predicted octanol–water partition coefficient (Wildman–Crippen LogP) is 3.90. The van der Waals surface area contributed by atoms with Crippen LogP contribution in [0.3, 0.4) is 0 Å². The molecule has 2 heterocycles. The molecular formula is C27H33N5O3. The first kappa shape index (κ1) is 24.4. The number of pyridine rings is 1. The number of carbonyl (C=O) groups is 1. The molecule has 4 rings (SSSR count). The standard InChI is InChI=1S/C27H33N5O3/c1-7-21-26(30-24-19-12-10-9-11-18(19)14-22(24)35-17(4)33)32(8-2)27(34)25(29-21)20-15-28-23(31(5)6)13-16(20)3/h9-13,15,22,24,30H,7-8,14H2,1-6H3/t22-,24?/m0/s1. The molecule has 3 aromatic rings. The van der Waals surface area contributed by atoms with Crippen molar-refractivity contribution in [2.45, 2.75) is 59.2 Å². The zero-order valence-corrected chi connectivity index (χ0v) is 21.3. The Balaban J connectivity index is 1.81. The zero-order chi connectivity index (χ0) is 25.3. The lowest BCUT2D eigenvalue weighted by Crippen LogP contribution is -2.32. The van der Waals surface area contributed by atoms with Gasteiger partial charge in [-0.15, -0.1) is 0 Å². The van der Waals surface area contributed by atoms with E-state index < -0.39 is 0 Å². The van der Waals surface area contributed by atoms with Gasteiger partial charge in [-0.1, -0.05) is 31.2 Å². The fourth-order valence-electron chi connectivity index (χ4n) is 4.74. The van der Waals surface area contributed by atoms with Crippen molar-refractivity contribution in [1.29, 1.82) is 0 Å². The average molecular weight is 476 g/mol. The highest BCUT2D eigenvalue weighted by atomic mass is 16.5. The molecule has 8 heteroatoms. The maximum Gasteiger partial charge on any atom is 0.302 e. The highest BCUT2D eigenvalue weighted by molar-refractivity contribution is 5.67. The fourth-order valence-corrected chi connectivity index (χ4v) is 4.74. The van der Waals surface area contributed by atoms with Crippen LogP contribution in [0.15, 0.2) is 41.3 Å². The van der Waals surface area contributed by atoms with Gasteiger partial charge in [-0.25, -0.2) is 9.97 Å². The molecule has 35 heavy (non-hydrogen) atoms. The van der Waals surface area contributed by atoms with E-state index >= 15 is 0 Å². The van der Waals surface area contributed by atoms with Gasteiger partial charge in [0, 0.05) is 45.7 Å². The third-order valence-electron chi connectivity index (χ3n) is 6.49. The molecule has 0 bridgehead atoms. The first-order chi connectivity index (χ1) is 16.7. The first-order valence-electron chi connectivity index (χ1n) is 12.0. The second-order valence-corrected chi connectivity index (χ2v) is 9.08. The largest absolute Gasteiger partial charge is 0.460 e. The predicted molar refractivity (Wildman–Crippen MR) is 138 cm³/mol. The van der Waals surface area contributed by atoms with E-state index in [0.717, 1.165) is 33.8 Å². The van der Waals surface area contributed by atoms with Gasteiger partial charge >= 0.3 is 5.97 Å². The van der Waals surface area contributed by atoms with Gasteiger partial charge in [0.2, 0.25) is 0 Å². The number of fused-ring (bicyclic) bond motifs is 1. The quantitative estimate of drug-likeness (QED) is 0.518. The van der Waals surface area contributed by atoms with Gasteiger partial charge in [0.05, 0.1) is 11.7 Å². The second-order valence-electron chi connectivity index (χ2n) is 9.08. The summed E-state index contributed by atoms with van der Waals surface area (Å²) in [5, 5.41) is 3.55. The molecule has 1 N–H and O–H groups in total. The molecule has 0 amide bonds. The van der Waals surface area contributed by atoms with E-state index in [4.69, 9.17) is 9.72 Å². The van der Waals surface area contributed by atoms with Crippen LogP contribution in [0.4, 0.5) is 11.6 Å². The normalized spacial score (nSPS) is 16.6. The highest BCUT2D eigenvalue weighted by Crippen LogP contribution is 2.37. The van der Waals surface area contributed by atoms with Crippen molar-refractivity contribution >= 4 is 17.6 Å². The van der Waals surface area contributed by atoms with Crippen LogP contribution in [0.25, 0.3) is 11.3 Å². The number of nitrogens with zero attached hydrogens (tertiary/aromatic N) is 4. The summed E-state index contributed by atoms with van der Waals surface area (Å²) < 4.78 is 7.40. The Hall–Kier alpha value is -3.68. The number of rotatable bonds is 7. The van der Waals surface area contributed by atoms with Crippen molar-refractivity contribution < 1.29 is 9.53 Å². The molecule has 0 spiro atoms. The van der Waals surface area contributed by atoms with Crippen molar-refractivity contribution in [3.8, 4) is 11.3 Å². The van der Waals surface area contributed by atoms with E-state index in [1.807, 2.05) is 64.0 Å². The molecule has 184 valence electrons. The third kappa shape index (κ3) is 4.65. The minimum atomic E-state index is -0.361. The number of nitrogens with one attached hydrogen (secondary N) is 1. The van der Waals surface area contributed by atoms with Crippen molar-refractivity contribution in [2.75, 3.05) is 24.3 Å². The van der Waals surface area contributed by atoms with Crippen LogP contribution in [0.2, 0.25) is 0 Å². The molecule has 2 atom stereocenters. The van der Waals surface area contributed by atoms with Crippen molar-refractivity contribution in [3.05, 3.63) is 69.3 Å². The number of hydrogen-bond acceptors (Lipinski definition) is 7. The summed E-state index contributed by atoms with van der Waals surface area (Å²) in [6.07, 6.45) is 2.62. The maximum atomic E-state index is 13.7. The number of aryl methyl sites for hydroxylation is 2. The Kier molecular flexibility index (Phi) is 6.91. The lowest BCUT2D eigenvalue weighted by Gasteiger charge is -2.26.